The number of rotatable bonds is 4. The molecule has 1 heterocycles. The molecular formula is C20H23N3O2. The number of ether oxygens (including phenoxy) is 2. The van der Waals surface area contributed by atoms with Gasteiger partial charge < -0.3 is 14.4 Å². The third-order valence-electron chi connectivity index (χ3n) is 4.67. The topological polar surface area (TPSA) is 46.4 Å². The molecule has 0 spiro atoms. The molecule has 0 bridgehead atoms. The summed E-state index contributed by atoms with van der Waals surface area (Å²) in [7, 11) is 5.29. The molecule has 25 heavy (non-hydrogen) atoms. The maximum absolute atomic E-state index is 5.36. The summed E-state index contributed by atoms with van der Waals surface area (Å²) in [6, 6.07) is 13.9. The number of likely N-dealkylation sites (N-methyl/N-ethyl adjacent to an activating group) is 1. The van der Waals surface area contributed by atoms with Crippen LogP contribution in [0.2, 0.25) is 0 Å². The van der Waals surface area contributed by atoms with Crippen molar-refractivity contribution in [2.75, 3.05) is 26.2 Å². The van der Waals surface area contributed by atoms with Crippen LogP contribution in [0.1, 0.15) is 19.4 Å². The summed E-state index contributed by atoms with van der Waals surface area (Å²) in [6.45, 7) is 4.40. The van der Waals surface area contributed by atoms with E-state index < -0.39 is 0 Å². The van der Waals surface area contributed by atoms with Gasteiger partial charge in [0.1, 0.15) is 17.2 Å². The van der Waals surface area contributed by atoms with Gasteiger partial charge in [0.05, 0.1) is 20.4 Å². The van der Waals surface area contributed by atoms with Crippen molar-refractivity contribution in [1.29, 1.82) is 0 Å². The Labute approximate surface area is 148 Å². The summed E-state index contributed by atoms with van der Waals surface area (Å²) in [4.78, 5) is 2.17. The first-order valence-corrected chi connectivity index (χ1v) is 8.16. The fourth-order valence-corrected chi connectivity index (χ4v) is 3.24. The van der Waals surface area contributed by atoms with Crippen molar-refractivity contribution in [2.45, 2.75) is 19.3 Å². The molecule has 0 aliphatic carbocycles. The zero-order valence-electron chi connectivity index (χ0n) is 15.3. The molecule has 3 rings (SSSR count). The van der Waals surface area contributed by atoms with Crippen LogP contribution in [0.5, 0.6) is 11.5 Å². The Morgan fingerprint density at radius 2 is 1.80 bits per heavy atom. The van der Waals surface area contributed by atoms with Crippen molar-refractivity contribution in [2.24, 2.45) is 10.2 Å². The molecule has 0 unspecified atom stereocenters. The van der Waals surface area contributed by atoms with E-state index in [1.54, 1.807) is 20.3 Å². The summed E-state index contributed by atoms with van der Waals surface area (Å²) in [5.41, 5.74) is 4.15. The number of anilines is 1. The minimum Gasteiger partial charge on any atom is -0.497 e. The standard InChI is InChI=1S/C20H23N3O2/c1-20(2)15-8-6-7-9-17(15)23(3)19(20)13-21-22-16-11-10-14(24-4)12-18(16)25-5/h6-13H,1-5H3/b19-13+,22-21+. The average molecular weight is 337 g/mol. The molecule has 0 N–H and O–H groups in total. The van der Waals surface area contributed by atoms with Gasteiger partial charge in [0, 0.05) is 29.9 Å². The normalized spacial score (nSPS) is 17.2. The van der Waals surface area contributed by atoms with Crippen LogP contribution in [0.3, 0.4) is 0 Å². The molecule has 5 heteroatoms. The second kappa shape index (κ2) is 6.59. The van der Waals surface area contributed by atoms with Crippen LogP contribution in [0.15, 0.2) is 64.6 Å². The average Bonchev–Trinajstić information content (AvgIpc) is 2.82. The summed E-state index contributed by atoms with van der Waals surface area (Å²) in [5, 5.41) is 8.64. The van der Waals surface area contributed by atoms with Crippen molar-refractivity contribution >= 4 is 11.4 Å². The quantitative estimate of drug-likeness (QED) is 0.733. The van der Waals surface area contributed by atoms with Gasteiger partial charge in [-0.15, -0.1) is 5.11 Å². The van der Waals surface area contributed by atoms with Gasteiger partial charge in [0.25, 0.3) is 0 Å². The van der Waals surface area contributed by atoms with Gasteiger partial charge in [0.2, 0.25) is 0 Å². The van der Waals surface area contributed by atoms with E-state index in [2.05, 4.69) is 60.3 Å². The van der Waals surface area contributed by atoms with E-state index in [0.29, 0.717) is 11.4 Å². The maximum Gasteiger partial charge on any atom is 0.150 e. The SMILES string of the molecule is COc1ccc(/N=N/C=C2/N(C)c3ccccc3C2(C)C)c(OC)c1. The highest BCUT2D eigenvalue weighted by atomic mass is 16.5. The van der Waals surface area contributed by atoms with Crippen molar-refractivity contribution in [3.05, 3.63) is 59.9 Å². The van der Waals surface area contributed by atoms with E-state index >= 15 is 0 Å². The number of para-hydroxylation sites is 1. The predicted octanol–water partition coefficient (Wildman–Crippen LogP) is 5.06. The Morgan fingerprint density at radius 3 is 2.48 bits per heavy atom. The van der Waals surface area contributed by atoms with Crippen LogP contribution < -0.4 is 14.4 Å². The van der Waals surface area contributed by atoms with Crippen molar-refractivity contribution in [1.82, 2.24) is 0 Å². The third-order valence-corrected chi connectivity index (χ3v) is 4.67. The van der Waals surface area contributed by atoms with E-state index in [9.17, 15) is 0 Å². The van der Waals surface area contributed by atoms with Crippen molar-refractivity contribution < 1.29 is 9.47 Å². The molecular weight excluding hydrogens is 314 g/mol. The summed E-state index contributed by atoms with van der Waals surface area (Å²) >= 11 is 0. The second-order valence-electron chi connectivity index (χ2n) is 6.47. The van der Waals surface area contributed by atoms with Gasteiger partial charge in [-0.05, 0) is 23.8 Å². The summed E-state index contributed by atoms with van der Waals surface area (Å²) < 4.78 is 10.6. The number of fused-ring (bicyclic) bond motifs is 1. The van der Waals surface area contributed by atoms with E-state index in [0.717, 1.165) is 11.4 Å². The zero-order chi connectivity index (χ0) is 18.0. The predicted molar refractivity (Wildman–Crippen MR) is 100 cm³/mol. The van der Waals surface area contributed by atoms with E-state index in [4.69, 9.17) is 9.47 Å². The van der Waals surface area contributed by atoms with E-state index in [1.807, 2.05) is 18.3 Å². The fraction of sp³-hybridized carbons (Fsp3) is 0.300. The number of azo groups is 1. The molecule has 130 valence electrons. The molecule has 0 aromatic heterocycles. The maximum atomic E-state index is 5.36. The van der Waals surface area contributed by atoms with E-state index in [-0.39, 0.29) is 5.41 Å². The summed E-state index contributed by atoms with van der Waals surface area (Å²) in [5.74, 6) is 1.35. The van der Waals surface area contributed by atoms with Crippen LogP contribution in [-0.2, 0) is 5.41 Å². The Morgan fingerprint density at radius 1 is 1.04 bits per heavy atom. The number of methoxy groups -OCH3 is 2. The lowest BCUT2D eigenvalue weighted by Crippen LogP contribution is -2.22. The lowest BCUT2D eigenvalue weighted by molar-refractivity contribution is 0.395. The summed E-state index contributed by atoms with van der Waals surface area (Å²) in [6.07, 6.45) is 1.82. The molecule has 0 amide bonds. The number of allylic oxidation sites excluding steroid dienone is 1. The first kappa shape index (κ1) is 17.0. The Balaban J connectivity index is 1.91. The van der Waals surface area contributed by atoms with Crippen molar-refractivity contribution in [3.8, 4) is 11.5 Å². The van der Waals surface area contributed by atoms with Crippen LogP contribution in [0.4, 0.5) is 11.4 Å². The van der Waals surface area contributed by atoms with Gasteiger partial charge in [-0.3, -0.25) is 0 Å². The molecule has 1 aliphatic heterocycles. The third kappa shape index (κ3) is 2.97. The molecule has 1 aliphatic rings. The lowest BCUT2D eigenvalue weighted by atomic mass is 9.84. The van der Waals surface area contributed by atoms with E-state index in [1.165, 1.54) is 11.3 Å². The first-order chi connectivity index (χ1) is 12.0. The van der Waals surface area contributed by atoms with Gasteiger partial charge in [0.15, 0.2) is 0 Å². The van der Waals surface area contributed by atoms with Crippen LogP contribution in [0.25, 0.3) is 0 Å². The van der Waals surface area contributed by atoms with Gasteiger partial charge in [-0.2, -0.15) is 5.11 Å². The van der Waals surface area contributed by atoms with Gasteiger partial charge >= 0.3 is 0 Å². The van der Waals surface area contributed by atoms with Crippen molar-refractivity contribution in [3.63, 3.8) is 0 Å². The Kier molecular flexibility index (Phi) is 4.49. The minimum absolute atomic E-state index is 0.117. The second-order valence-corrected chi connectivity index (χ2v) is 6.47. The van der Waals surface area contributed by atoms with Crippen LogP contribution in [0, 0.1) is 0 Å². The monoisotopic (exact) mass is 337 g/mol. The largest absolute Gasteiger partial charge is 0.497 e. The molecule has 0 saturated heterocycles. The van der Waals surface area contributed by atoms with Gasteiger partial charge in [-0.1, -0.05) is 32.0 Å². The smallest absolute Gasteiger partial charge is 0.150 e. The molecule has 2 aromatic carbocycles. The van der Waals surface area contributed by atoms with Crippen LogP contribution >= 0.6 is 0 Å². The highest BCUT2D eigenvalue weighted by molar-refractivity contribution is 5.69. The van der Waals surface area contributed by atoms with Crippen LogP contribution in [-0.4, -0.2) is 21.3 Å². The molecule has 0 fully saturated rings. The molecule has 0 saturated carbocycles. The number of hydrogen-bond acceptors (Lipinski definition) is 5. The Bertz CT molecular complexity index is 841. The molecule has 0 radical (unpaired) electrons. The number of hydrogen-bond donors (Lipinski definition) is 0. The fourth-order valence-electron chi connectivity index (χ4n) is 3.24. The highest BCUT2D eigenvalue weighted by Crippen LogP contribution is 2.46. The first-order valence-electron chi connectivity index (χ1n) is 8.16. The van der Waals surface area contributed by atoms with Gasteiger partial charge in [-0.25, -0.2) is 0 Å². The number of benzene rings is 2. The highest BCUT2D eigenvalue weighted by Gasteiger charge is 2.38. The lowest BCUT2D eigenvalue weighted by Gasteiger charge is -2.22. The molecule has 0 atom stereocenters. The zero-order valence-corrected chi connectivity index (χ0v) is 15.3. The Hall–Kier alpha value is -2.82. The molecule has 2 aromatic rings. The minimum atomic E-state index is -0.117. The number of nitrogens with zero attached hydrogens (tertiary/aromatic N) is 3. The molecule has 5 nitrogen and oxygen atoms in total.